The molecule has 0 spiro atoms. The van der Waals surface area contributed by atoms with E-state index < -0.39 is 0 Å². The lowest BCUT2D eigenvalue weighted by atomic mass is 9.91. The first-order chi connectivity index (χ1) is 14.0. The zero-order valence-electron chi connectivity index (χ0n) is 18.0. The lowest BCUT2D eigenvalue weighted by Crippen LogP contribution is -2.20. The van der Waals surface area contributed by atoms with Gasteiger partial charge in [-0.2, -0.15) is 0 Å². The molecule has 0 radical (unpaired) electrons. The van der Waals surface area contributed by atoms with Gasteiger partial charge in [-0.1, -0.05) is 37.3 Å². The van der Waals surface area contributed by atoms with E-state index in [0.717, 1.165) is 31.6 Å². The molecule has 0 bridgehead atoms. The fourth-order valence-electron chi connectivity index (χ4n) is 2.94. The van der Waals surface area contributed by atoms with Crippen molar-refractivity contribution in [2.75, 3.05) is 20.8 Å². The lowest BCUT2D eigenvalue weighted by Gasteiger charge is -2.21. The van der Waals surface area contributed by atoms with Gasteiger partial charge in [-0.3, -0.25) is 4.79 Å². The number of carbonyl (C=O) groups excluding carboxylic acids is 1. The number of phenols is 1. The molecule has 0 aromatic heterocycles. The van der Waals surface area contributed by atoms with Gasteiger partial charge >= 0.3 is 5.97 Å². The van der Waals surface area contributed by atoms with Crippen molar-refractivity contribution in [2.24, 2.45) is 5.92 Å². The number of hydrogen-bond acceptors (Lipinski definition) is 5. The Labute approximate surface area is 174 Å². The van der Waals surface area contributed by atoms with E-state index in [2.05, 4.69) is 12.1 Å². The Morgan fingerprint density at radius 2 is 1.69 bits per heavy atom. The number of aromatic hydroxyl groups is 1. The van der Waals surface area contributed by atoms with E-state index in [0.29, 0.717) is 18.1 Å². The summed E-state index contributed by atoms with van der Waals surface area (Å²) in [5.41, 5.74) is 1.26. The molecule has 0 amide bonds. The number of para-hydroxylation sites is 1. The summed E-state index contributed by atoms with van der Waals surface area (Å²) >= 11 is 0. The van der Waals surface area contributed by atoms with Crippen LogP contribution in [-0.2, 0) is 20.7 Å². The van der Waals surface area contributed by atoms with Gasteiger partial charge in [-0.05, 0) is 61.9 Å². The smallest absolute Gasteiger partial charge is 0.305 e. The molecule has 2 aromatic carbocycles. The Morgan fingerprint density at radius 3 is 2.17 bits per heavy atom. The average Bonchev–Trinajstić information content (AvgIpc) is 2.73. The molecular weight excluding hydrogens is 368 g/mol. The van der Waals surface area contributed by atoms with Crippen molar-refractivity contribution in [3.8, 4) is 11.5 Å². The predicted octanol–water partition coefficient (Wildman–Crippen LogP) is 5.01. The SMILES string of the molecule is CCC(=O)OC(C)CC(CCOC)Cc1ccc(OC)cc1.Oc1ccccc1. The van der Waals surface area contributed by atoms with Crippen molar-refractivity contribution in [2.45, 2.75) is 45.6 Å². The second kappa shape index (κ2) is 14.5. The van der Waals surface area contributed by atoms with Gasteiger partial charge in [-0.15, -0.1) is 0 Å². The molecule has 0 aliphatic carbocycles. The van der Waals surface area contributed by atoms with E-state index in [9.17, 15) is 4.79 Å². The molecule has 2 unspecified atom stereocenters. The monoisotopic (exact) mass is 402 g/mol. The van der Waals surface area contributed by atoms with Crippen LogP contribution >= 0.6 is 0 Å². The largest absolute Gasteiger partial charge is 0.508 e. The van der Waals surface area contributed by atoms with Gasteiger partial charge in [0.2, 0.25) is 0 Å². The van der Waals surface area contributed by atoms with Crippen LogP contribution in [-0.4, -0.2) is 38.0 Å². The third kappa shape index (κ3) is 11.2. The van der Waals surface area contributed by atoms with Crippen LogP contribution in [0.25, 0.3) is 0 Å². The van der Waals surface area contributed by atoms with E-state index in [1.54, 1.807) is 38.5 Å². The number of phenolic OH excluding ortho intramolecular Hbond substituents is 1. The minimum Gasteiger partial charge on any atom is -0.508 e. The number of benzene rings is 2. The summed E-state index contributed by atoms with van der Waals surface area (Å²) in [6.07, 6.45) is 3.11. The number of rotatable bonds is 10. The van der Waals surface area contributed by atoms with Crippen LogP contribution in [0.3, 0.4) is 0 Å². The third-order valence-corrected chi connectivity index (χ3v) is 4.46. The maximum atomic E-state index is 11.4. The standard InChI is InChI=1S/C18H28O4.C6H6O/c1-5-18(19)22-14(2)12-16(10-11-20-3)13-15-6-8-17(21-4)9-7-15;7-6-4-2-1-3-5-6/h6-9,14,16H,5,10-13H2,1-4H3;1-5,7H. The molecule has 0 aliphatic rings. The molecule has 0 saturated heterocycles. The Kier molecular flexibility index (Phi) is 12.2. The van der Waals surface area contributed by atoms with E-state index >= 15 is 0 Å². The fourth-order valence-corrected chi connectivity index (χ4v) is 2.94. The van der Waals surface area contributed by atoms with Crippen molar-refractivity contribution in [3.05, 3.63) is 60.2 Å². The molecular formula is C24H34O5. The molecule has 1 N–H and O–H groups in total. The van der Waals surface area contributed by atoms with Crippen LogP contribution in [0.15, 0.2) is 54.6 Å². The molecule has 0 heterocycles. The average molecular weight is 403 g/mol. The first-order valence-electron chi connectivity index (χ1n) is 10.0. The van der Waals surface area contributed by atoms with E-state index in [4.69, 9.17) is 19.3 Å². The second-order valence-electron chi connectivity index (χ2n) is 6.92. The zero-order chi connectivity index (χ0) is 21.5. The van der Waals surface area contributed by atoms with E-state index in [1.807, 2.05) is 32.0 Å². The second-order valence-corrected chi connectivity index (χ2v) is 6.92. The van der Waals surface area contributed by atoms with Crippen molar-refractivity contribution in [1.29, 1.82) is 0 Å². The van der Waals surface area contributed by atoms with Crippen LogP contribution in [0.2, 0.25) is 0 Å². The van der Waals surface area contributed by atoms with E-state index in [-0.39, 0.29) is 12.1 Å². The van der Waals surface area contributed by atoms with Gasteiger partial charge in [0.05, 0.1) is 13.2 Å². The maximum Gasteiger partial charge on any atom is 0.305 e. The molecule has 2 aromatic rings. The predicted molar refractivity (Wildman–Crippen MR) is 115 cm³/mol. The molecule has 0 fully saturated rings. The van der Waals surface area contributed by atoms with Gasteiger partial charge in [-0.25, -0.2) is 0 Å². The Hall–Kier alpha value is -2.53. The Bertz CT molecular complexity index is 669. The Balaban J connectivity index is 0.000000502. The van der Waals surface area contributed by atoms with Crippen LogP contribution in [0.5, 0.6) is 11.5 Å². The third-order valence-electron chi connectivity index (χ3n) is 4.46. The van der Waals surface area contributed by atoms with Gasteiger partial charge in [0, 0.05) is 20.1 Å². The van der Waals surface area contributed by atoms with Gasteiger partial charge in [0.25, 0.3) is 0 Å². The van der Waals surface area contributed by atoms with Crippen molar-refractivity contribution >= 4 is 5.97 Å². The molecule has 160 valence electrons. The minimum atomic E-state index is -0.137. The number of esters is 1. The summed E-state index contributed by atoms with van der Waals surface area (Å²) in [6, 6.07) is 16.8. The first-order valence-corrected chi connectivity index (χ1v) is 10.0. The molecule has 2 atom stereocenters. The van der Waals surface area contributed by atoms with Crippen molar-refractivity contribution in [3.63, 3.8) is 0 Å². The molecule has 0 saturated carbocycles. The molecule has 2 rings (SSSR count). The summed E-state index contributed by atoms with van der Waals surface area (Å²) in [5, 5.41) is 8.63. The van der Waals surface area contributed by atoms with Crippen LogP contribution in [0, 0.1) is 5.92 Å². The van der Waals surface area contributed by atoms with E-state index in [1.165, 1.54) is 5.56 Å². The lowest BCUT2D eigenvalue weighted by molar-refractivity contribution is -0.148. The summed E-state index contributed by atoms with van der Waals surface area (Å²) < 4.78 is 15.8. The van der Waals surface area contributed by atoms with Crippen LogP contribution < -0.4 is 4.74 Å². The highest BCUT2D eigenvalue weighted by atomic mass is 16.5. The quantitative estimate of drug-likeness (QED) is 0.566. The van der Waals surface area contributed by atoms with Crippen molar-refractivity contribution < 1.29 is 24.1 Å². The zero-order valence-corrected chi connectivity index (χ0v) is 18.0. The number of carbonyl (C=O) groups is 1. The van der Waals surface area contributed by atoms with Crippen molar-refractivity contribution in [1.82, 2.24) is 0 Å². The first kappa shape index (κ1) is 24.5. The molecule has 0 aliphatic heterocycles. The summed E-state index contributed by atoms with van der Waals surface area (Å²) in [7, 11) is 3.38. The normalized spacial score (nSPS) is 12.3. The van der Waals surface area contributed by atoms with Gasteiger partial charge in [0.15, 0.2) is 0 Å². The maximum absolute atomic E-state index is 11.4. The fraction of sp³-hybridized carbons (Fsp3) is 0.458. The van der Waals surface area contributed by atoms with Gasteiger partial charge < -0.3 is 19.3 Å². The molecule has 29 heavy (non-hydrogen) atoms. The summed E-state index contributed by atoms with van der Waals surface area (Å²) in [5.74, 6) is 1.47. The molecule has 5 nitrogen and oxygen atoms in total. The van der Waals surface area contributed by atoms with Gasteiger partial charge in [0.1, 0.15) is 11.5 Å². The summed E-state index contributed by atoms with van der Waals surface area (Å²) in [6.45, 7) is 4.49. The highest BCUT2D eigenvalue weighted by molar-refractivity contribution is 5.69. The number of ether oxygens (including phenoxy) is 3. The number of hydrogen-bond donors (Lipinski definition) is 1. The topological polar surface area (TPSA) is 65.0 Å². The molecule has 5 heteroatoms. The number of methoxy groups -OCH3 is 2. The highest BCUT2D eigenvalue weighted by Crippen LogP contribution is 2.21. The van der Waals surface area contributed by atoms with Crippen LogP contribution in [0.1, 0.15) is 38.7 Å². The summed E-state index contributed by atoms with van der Waals surface area (Å²) in [4.78, 5) is 11.4. The highest BCUT2D eigenvalue weighted by Gasteiger charge is 2.16. The minimum absolute atomic E-state index is 0.0624. The van der Waals surface area contributed by atoms with Crippen LogP contribution in [0.4, 0.5) is 0 Å². The Morgan fingerprint density at radius 1 is 1.03 bits per heavy atom.